The van der Waals surface area contributed by atoms with Crippen molar-refractivity contribution in [2.24, 2.45) is 5.73 Å². The first-order valence-electron chi connectivity index (χ1n) is 7.11. The molecule has 0 fully saturated rings. The van der Waals surface area contributed by atoms with E-state index in [2.05, 4.69) is 5.32 Å². The van der Waals surface area contributed by atoms with Gasteiger partial charge in [-0.05, 0) is 33.3 Å². The van der Waals surface area contributed by atoms with Gasteiger partial charge in [0.05, 0.1) is 24.6 Å². The van der Waals surface area contributed by atoms with E-state index in [1.165, 1.54) is 0 Å². The van der Waals surface area contributed by atoms with Gasteiger partial charge < -0.3 is 15.8 Å². The van der Waals surface area contributed by atoms with Gasteiger partial charge in [0.15, 0.2) is 0 Å². The van der Waals surface area contributed by atoms with Crippen molar-refractivity contribution >= 4 is 11.9 Å². The Morgan fingerprint density at radius 2 is 1.76 bits per heavy atom. The van der Waals surface area contributed by atoms with Crippen molar-refractivity contribution in [3.8, 4) is 0 Å². The quantitative estimate of drug-likeness (QED) is 0.784. The fourth-order valence-corrected chi connectivity index (χ4v) is 1.83. The second kappa shape index (κ2) is 7.78. The Morgan fingerprint density at radius 1 is 1.19 bits per heavy atom. The molecule has 0 bridgehead atoms. The fraction of sp³-hybridized carbons (Fsp3) is 0.500. The number of hydrogen-bond acceptors (Lipinski definition) is 4. The lowest BCUT2D eigenvalue weighted by molar-refractivity contribution is -0.148. The molecule has 5 heteroatoms. The average Bonchev–Trinajstić information content (AvgIpc) is 2.37. The molecule has 0 spiro atoms. The molecule has 0 aromatic heterocycles. The van der Waals surface area contributed by atoms with Gasteiger partial charge in [0.1, 0.15) is 0 Å². The van der Waals surface area contributed by atoms with E-state index in [0.717, 1.165) is 11.1 Å². The third-order valence-electron chi connectivity index (χ3n) is 2.95. The smallest absolute Gasteiger partial charge is 0.308 e. The Bertz CT molecular complexity index is 481. The third-order valence-corrected chi connectivity index (χ3v) is 2.95. The molecule has 3 N–H and O–H groups in total. The normalized spacial score (nSPS) is 13.6. The number of nitrogens with two attached hydrogens (primary N) is 1. The molecule has 0 saturated heterocycles. The van der Waals surface area contributed by atoms with Crippen LogP contribution in [-0.4, -0.2) is 24.0 Å². The highest BCUT2D eigenvalue weighted by Gasteiger charge is 2.21. The van der Waals surface area contributed by atoms with Gasteiger partial charge in [-0.3, -0.25) is 9.59 Å². The first-order valence-corrected chi connectivity index (χ1v) is 7.11. The lowest BCUT2D eigenvalue weighted by Gasteiger charge is -2.20. The topological polar surface area (TPSA) is 81.4 Å². The maximum Gasteiger partial charge on any atom is 0.308 e. The Labute approximate surface area is 125 Å². The third kappa shape index (κ3) is 5.95. The molecule has 2 atom stereocenters. The molecule has 0 saturated carbocycles. The first kappa shape index (κ1) is 17.2. The molecule has 0 aliphatic carbocycles. The van der Waals surface area contributed by atoms with E-state index in [9.17, 15) is 9.59 Å². The van der Waals surface area contributed by atoms with Crippen LogP contribution in [0.15, 0.2) is 24.3 Å². The minimum atomic E-state index is -0.626. The molecular weight excluding hydrogens is 268 g/mol. The maximum atomic E-state index is 11.9. The minimum Gasteiger partial charge on any atom is -0.463 e. The zero-order valence-electron chi connectivity index (χ0n) is 13.1. The van der Waals surface area contributed by atoms with Crippen molar-refractivity contribution in [1.29, 1.82) is 0 Å². The van der Waals surface area contributed by atoms with E-state index in [0.29, 0.717) is 0 Å². The minimum absolute atomic E-state index is 0.0830. The summed E-state index contributed by atoms with van der Waals surface area (Å²) in [5.74, 6) is -0.640. The maximum absolute atomic E-state index is 11.9. The number of benzene rings is 1. The molecule has 5 nitrogen and oxygen atoms in total. The van der Waals surface area contributed by atoms with Crippen LogP contribution in [0, 0.1) is 6.92 Å². The SMILES string of the molecule is Cc1ccc(C(CC(=O)OC(C)C)NC(=O)[C@@H](C)N)cc1. The van der Waals surface area contributed by atoms with Crippen molar-refractivity contribution in [2.75, 3.05) is 0 Å². The predicted octanol–water partition coefficient (Wildman–Crippen LogP) is 1.84. The number of amides is 1. The number of esters is 1. The summed E-state index contributed by atoms with van der Waals surface area (Å²) in [7, 11) is 0. The van der Waals surface area contributed by atoms with Gasteiger partial charge in [0, 0.05) is 0 Å². The predicted molar refractivity (Wildman–Crippen MR) is 81.6 cm³/mol. The molecule has 1 amide bonds. The van der Waals surface area contributed by atoms with Gasteiger partial charge in [-0.1, -0.05) is 29.8 Å². The van der Waals surface area contributed by atoms with Gasteiger partial charge >= 0.3 is 5.97 Å². The van der Waals surface area contributed by atoms with Crippen LogP contribution in [0.4, 0.5) is 0 Å². The Hall–Kier alpha value is -1.88. The molecule has 0 aliphatic heterocycles. The lowest BCUT2D eigenvalue weighted by Crippen LogP contribution is -2.41. The van der Waals surface area contributed by atoms with Crippen LogP contribution in [-0.2, 0) is 14.3 Å². The summed E-state index contributed by atoms with van der Waals surface area (Å²) < 4.78 is 5.15. The van der Waals surface area contributed by atoms with Gasteiger partial charge in [0.2, 0.25) is 5.91 Å². The van der Waals surface area contributed by atoms with E-state index in [1.807, 2.05) is 31.2 Å². The van der Waals surface area contributed by atoms with E-state index < -0.39 is 12.1 Å². The number of hydrogen-bond donors (Lipinski definition) is 2. The molecule has 1 aromatic carbocycles. The molecule has 0 radical (unpaired) electrons. The lowest BCUT2D eigenvalue weighted by atomic mass is 10.0. The number of carbonyl (C=O) groups excluding carboxylic acids is 2. The van der Waals surface area contributed by atoms with Crippen molar-refractivity contribution in [2.45, 2.75) is 52.3 Å². The monoisotopic (exact) mass is 292 g/mol. The van der Waals surface area contributed by atoms with E-state index >= 15 is 0 Å². The fourth-order valence-electron chi connectivity index (χ4n) is 1.83. The van der Waals surface area contributed by atoms with Gasteiger partial charge in [-0.15, -0.1) is 0 Å². The largest absolute Gasteiger partial charge is 0.463 e. The summed E-state index contributed by atoms with van der Waals surface area (Å²) in [5.41, 5.74) is 7.54. The molecule has 116 valence electrons. The zero-order valence-corrected chi connectivity index (χ0v) is 13.1. The Morgan fingerprint density at radius 3 is 2.24 bits per heavy atom. The van der Waals surface area contributed by atoms with Crippen LogP contribution in [0.25, 0.3) is 0 Å². The second-order valence-corrected chi connectivity index (χ2v) is 5.50. The zero-order chi connectivity index (χ0) is 16.0. The number of nitrogens with one attached hydrogen (secondary N) is 1. The van der Waals surface area contributed by atoms with Crippen LogP contribution in [0.2, 0.25) is 0 Å². The van der Waals surface area contributed by atoms with Crippen molar-refractivity contribution in [3.05, 3.63) is 35.4 Å². The van der Waals surface area contributed by atoms with Gasteiger partial charge in [-0.25, -0.2) is 0 Å². The van der Waals surface area contributed by atoms with E-state index in [4.69, 9.17) is 10.5 Å². The summed E-state index contributed by atoms with van der Waals surface area (Å²) in [5, 5.41) is 2.79. The molecular formula is C16H24N2O3. The molecule has 1 unspecified atom stereocenters. The molecule has 0 aliphatic rings. The number of rotatable bonds is 6. The summed E-state index contributed by atoms with van der Waals surface area (Å²) in [6, 6.07) is 6.60. The van der Waals surface area contributed by atoms with E-state index in [1.54, 1.807) is 20.8 Å². The standard InChI is InChI=1S/C16H24N2O3/c1-10(2)21-15(19)9-14(18-16(20)12(4)17)13-7-5-11(3)6-8-13/h5-8,10,12,14H,9,17H2,1-4H3,(H,18,20)/t12-,14?/m1/s1. The summed E-state index contributed by atoms with van der Waals surface area (Å²) in [6.45, 7) is 7.17. The summed E-state index contributed by atoms with van der Waals surface area (Å²) >= 11 is 0. The van der Waals surface area contributed by atoms with Crippen LogP contribution in [0.3, 0.4) is 0 Å². The highest BCUT2D eigenvalue weighted by molar-refractivity contribution is 5.82. The Kier molecular flexibility index (Phi) is 6.37. The molecule has 0 heterocycles. The number of ether oxygens (including phenoxy) is 1. The van der Waals surface area contributed by atoms with Crippen molar-refractivity contribution in [3.63, 3.8) is 0 Å². The van der Waals surface area contributed by atoms with Gasteiger partial charge in [0.25, 0.3) is 0 Å². The van der Waals surface area contributed by atoms with Crippen LogP contribution >= 0.6 is 0 Å². The van der Waals surface area contributed by atoms with Crippen LogP contribution in [0.5, 0.6) is 0 Å². The second-order valence-electron chi connectivity index (χ2n) is 5.50. The molecule has 21 heavy (non-hydrogen) atoms. The van der Waals surface area contributed by atoms with Crippen molar-refractivity contribution in [1.82, 2.24) is 5.32 Å². The summed E-state index contributed by atoms with van der Waals surface area (Å²) in [4.78, 5) is 23.7. The highest BCUT2D eigenvalue weighted by atomic mass is 16.5. The highest BCUT2D eigenvalue weighted by Crippen LogP contribution is 2.18. The number of carbonyl (C=O) groups is 2. The summed E-state index contributed by atoms with van der Waals surface area (Å²) in [6.07, 6.45) is -0.0972. The van der Waals surface area contributed by atoms with Crippen molar-refractivity contribution < 1.29 is 14.3 Å². The first-order chi connectivity index (χ1) is 9.79. The number of aryl methyl sites for hydroxylation is 1. The van der Waals surface area contributed by atoms with Crippen LogP contribution < -0.4 is 11.1 Å². The van der Waals surface area contributed by atoms with Gasteiger partial charge in [-0.2, -0.15) is 0 Å². The molecule has 1 rings (SSSR count). The van der Waals surface area contributed by atoms with Crippen LogP contribution in [0.1, 0.15) is 44.4 Å². The average molecular weight is 292 g/mol. The molecule has 1 aromatic rings. The Balaban J connectivity index is 2.86. The van der Waals surface area contributed by atoms with E-state index in [-0.39, 0.29) is 24.4 Å².